The number of rotatable bonds is 12. The Balaban J connectivity index is 1.42. The van der Waals surface area contributed by atoms with Crippen LogP contribution in [0.2, 0.25) is 0 Å². The second-order valence-electron chi connectivity index (χ2n) is 11.2. The summed E-state index contributed by atoms with van der Waals surface area (Å²) in [7, 11) is 6.97. The summed E-state index contributed by atoms with van der Waals surface area (Å²) in [5.41, 5.74) is 5.23. The Labute approximate surface area is 282 Å². The largest absolute Gasteiger partial charge is 0.493 e. The number of para-hydroxylation sites is 1. The number of methoxy groups -OCH3 is 2. The molecule has 2 amide bonds. The van der Waals surface area contributed by atoms with E-state index in [9.17, 15) is 9.59 Å². The zero-order valence-electron chi connectivity index (χ0n) is 27.0. The second kappa shape index (κ2) is 14.3. The van der Waals surface area contributed by atoms with Gasteiger partial charge in [0, 0.05) is 36.4 Å². The van der Waals surface area contributed by atoms with Gasteiger partial charge in [0.15, 0.2) is 11.5 Å². The highest BCUT2D eigenvalue weighted by Gasteiger charge is 2.34. The van der Waals surface area contributed by atoms with E-state index in [-0.39, 0.29) is 19.0 Å². The maximum absolute atomic E-state index is 14.5. The third kappa shape index (κ3) is 6.98. The van der Waals surface area contributed by atoms with Crippen LogP contribution in [0, 0.1) is 0 Å². The molecule has 0 aliphatic carbocycles. The molecule has 0 saturated carbocycles. The molecule has 0 spiro atoms. The van der Waals surface area contributed by atoms with Crippen LogP contribution in [-0.4, -0.2) is 65.0 Å². The molecule has 6 aromatic rings. The molecule has 1 N–H and O–H groups in total. The molecule has 48 heavy (non-hydrogen) atoms. The Morgan fingerprint density at radius 2 is 1.62 bits per heavy atom. The lowest BCUT2D eigenvalue weighted by Crippen LogP contribution is -2.42. The number of thiazole rings is 1. The number of anilines is 2. The van der Waals surface area contributed by atoms with E-state index in [0.717, 1.165) is 16.9 Å². The lowest BCUT2D eigenvalue weighted by Gasteiger charge is -2.31. The summed E-state index contributed by atoms with van der Waals surface area (Å²) in [4.78, 5) is 37.3. The third-order valence-corrected chi connectivity index (χ3v) is 8.72. The fraction of sp³-hybridized carbons (Fsp3) is 0.194. The molecule has 12 heteroatoms. The number of nitrogens with zero attached hydrogens (tertiary/aromatic N) is 6. The van der Waals surface area contributed by atoms with Crippen molar-refractivity contribution in [1.29, 1.82) is 0 Å². The van der Waals surface area contributed by atoms with Crippen LogP contribution < -0.4 is 19.7 Å². The standard InChI is InChI=1S/C36H35N7O4S/c1-41(2)27-17-15-26(16-18-27)37-36(45)35(25-14-19-31(46-3)32(20-25)47-4)42(21-33-38-29(23-48-33)24-10-6-5-7-11-24)34(44)22-43-30-13-9-8-12-28(30)39-40-43/h5-20,23,35H,21-22H2,1-4H3,(H,37,45)/t35-/m1/s1. The van der Waals surface area contributed by atoms with Crippen LogP contribution in [0.3, 0.4) is 0 Å². The Bertz CT molecular complexity index is 2030. The van der Waals surface area contributed by atoms with Gasteiger partial charge in [0.2, 0.25) is 5.91 Å². The molecule has 244 valence electrons. The van der Waals surface area contributed by atoms with Gasteiger partial charge in [-0.05, 0) is 54.1 Å². The highest BCUT2D eigenvalue weighted by molar-refractivity contribution is 7.09. The van der Waals surface area contributed by atoms with E-state index >= 15 is 0 Å². The van der Waals surface area contributed by atoms with Crippen LogP contribution in [0.25, 0.3) is 22.3 Å². The van der Waals surface area contributed by atoms with Crippen molar-refractivity contribution in [3.05, 3.63) is 113 Å². The topological polar surface area (TPSA) is 115 Å². The Morgan fingerprint density at radius 3 is 2.35 bits per heavy atom. The summed E-state index contributed by atoms with van der Waals surface area (Å²) in [6.07, 6.45) is 0. The molecular formula is C36H35N7O4S. The van der Waals surface area contributed by atoms with Crippen LogP contribution in [0.1, 0.15) is 16.6 Å². The van der Waals surface area contributed by atoms with Gasteiger partial charge < -0.3 is 24.6 Å². The van der Waals surface area contributed by atoms with E-state index in [4.69, 9.17) is 14.5 Å². The number of aromatic nitrogens is 4. The minimum atomic E-state index is -1.08. The van der Waals surface area contributed by atoms with Crippen molar-refractivity contribution in [3.63, 3.8) is 0 Å². The molecule has 0 bridgehead atoms. The lowest BCUT2D eigenvalue weighted by atomic mass is 10.0. The summed E-state index contributed by atoms with van der Waals surface area (Å²) < 4.78 is 12.6. The number of hydrogen-bond donors (Lipinski definition) is 1. The molecule has 2 aromatic heterocycles. The Morgan fingerprint density at radius 1 is 0.896 bits per heavy atom. The monoisotopic (exact) mass is 661 g/mol. The van der Waals surface area contributed by atoms with Gasteiger partial charge in [-0.25, -0.2) is 9.67 Å². The normalized spacial score (nSPS) is 11.6. The van der Waals surface area contributed by atoms with Crippen molar-refractivity contribution in [2.45, 2.75) is 19.1 Å². The van der Waals surface area contributed by atoms with Crippen LogP contribution in [0.4, 0.5) is 11.4 Å². The first-order chi connectivity index (χ1) is 23.3. The van der Waals surface area contributed by atoms with Gasteiger partial charge in [-0.15, -0.1) is 16.4 Å². The molecule has 4 aromatic carbocycles. The fourth-order valence-corrected chi connectivity index (χ4v) is 6.20. The molecule has 0 aliphatic rings. The van der Waals surface area contributed by atoms with Crippen molar-refractivity contribution >= 4 is 45.6 Å². The average molecular weight is 662 g/mol. The number of hydrogen-bond acceptors (Lipinski definition) is 9. The van der Waals surface area contributed by atoms with Gasteiger partial charge in [0.05, 0.1) is 32.0 Å². The van der Waals surface area contributed by atoms with Gasteiger partial charge in [-0.1, -0.05) is 53.7 Å². The molecule has 2 heterocycles. The molecule has 0 saturated heterocycles. The molecule has 1 atom stereocenters. The minimum absolute atomic E-state index is 0.0644. The summed E-state index contributed by atoms with van der Waals surface area (Å²) >= 11 is 1.43. The first-order valence-electron chi connectivity index (χ1n) is 15.2. The van der Waals surface area contributed by atoms with E-state index in [2.05, 4.69) is 15.6 Å². The van der Waals surface area contributed by atoms with Crippen molar-refractivity contribution < 1.29 is 19.1 Å². The maximum Gasteiger partial charge on any atom is 0.251 e. The van der Waals surface area contributed by atoms with Crippen LogP contribution in [0.15, 0.2) is 102 Å². The molecule has 0 fully saturated rings. The van der Waals surface area contributed by atoms with E-state index in [1.807, 2.05) is 103 Å². The van der Waals surface area contributed by atoms with Crippen LogP contribution >= 0.6 is 11.3 Å². The predicted molar refractivity (Wildman–Crippen MR) is 187 cm³/mol. The first kappa shape index (κ1) is 32.2. The number of carbonyl (C=O) groups is 2. The number of ether oxygens (including phenoxy) is 2. The zero-order valence-corrected chi connectivity index (χ0v) is 27.8. The van der Waals surface area contributed by atoms with Gasteiger partial charge in [-0.3, -0.25) is 9.59 Å². The fourth-order valence-electron chi connectivity index (χ4n) is 5.40. The van der Waals surface area contributed by atoms with Crippen LogP contribution in [0.5, 0.6) is 11.5 Å². The molecule has 6 rings (SSSR count). The average Bonchev–Trinajstić information content (AvgIpc) is 3.76. The highest BCUT2D eigenvalue weighted by atomic mass is 32.1. The lowest BCUT2D eigenvalue weighted by molar-refractivity contribution is -0.140. The van der Waals surface area contributed by atoms with Gasteiger partial charge in [-0.2, -0.15) is 0 Å². The summed E-state index contributed by atoms with van der Waals surface area (Å²) in [5.74, 6) is 0.175. The van der Waals surface area contributed by atoms with Gasteiger partial charge in [0.1, 0.15) is 23.1 Å². The van der Waals surface area contributed by atoms with Gasteiger partial charge >= 0.3 is 0 Å². The van der Waals surface area contributed by atoms with Crippen molar-refractivity contribution in [1.82, 2.24) is 24.9 Å². The second-order valence-corrected chi connectivity index (χ2v) is 12.1. The molecule has 11 nitrogen and oxygen atoms in total. The number of benzene rings is 4. The van der Waals surface area contributed by atoms with E-state index in [1.165, 1.54) is 23.3 Å². The quantitative estimate of drug-likeness (QED) is 0.169. The predicted octanol–water partition coefficient (Wildman–Crippen LogP) is 6.05. The van der Waals surface area contributed by atoms with Crippen molar-refractivity contribution in [3.8, 4) is 22.8 Å². The summed E-state index contributed by atoms with van der Waals surface area (Å²) in [6.45, 7) is -0.0823. The molecular weight excluding hydrogens is 627 g/mol. The number of amides is 2. The summed E-state index contributed by atoms with van der Waals surface area (Å²) in [5, 5.41) is 14.1. The van der Waals surface area contributed by atoms with Crippen molar-refractivity contribution in [2.24, 2.45) is 0 Å². The number of carbonyl (C=O) groups excluding carboxylic acids is 2. The van der Waals surface area contributed by atoms with Gasteiger partial charge in [0.25, 0.3) is 5.91 Å². The number of nitrogens with one attached hydrogen (secondary N) is 1. The summed E-state index contributed by atoms with van der Waals surface area (Å²) in [6, 6.07) is 28.9. The zero-order chi connectivity index (χ0) is 33.6. The minimum Gasteiger partial charge on any atom is -0.493 e. The highest BCUT2D eigenvalue weighted by Crippen LogP contribution is 2.34. The molecule has 0 aliphatic heterocycles. The SMILES string of the molecule is COc1ccc([C@H](C(=O)Nc2ccc(N(C)C)cc2)N(Cc2nc(-c3ccccc3)cs2)C(=O)Cn2nnc3ccccc32)cc1OC. The third-order valence-electron chi connectivity index (χ3n) is 7.89. The molecule has 0 unspecified atom stereocenters. The maximum atomic E-state index is 14.5. The van der Waals surface area contributed by atoms with E-state index in [1.54, 1.807) is 30.0 Å². The van der Waals surface area contributed by atoms with E-state index < -0.39 is 11.9 Å². The Hall–Kier alpha value is -5.75. The molecule has 0 radical (unpaired) electrons. The van der Waals surface area contributed by atoms with Crippen molar-refractivity contribution in [2.75, 3.05) is 38.5 Å². The Kier molecular flexibility index (Phi) is 9.62. The number of fused-ring (bicyclic) bond motifs is 1. The smallest absolute Gasteiger partial charge is 0.251 e. The first-order valence-corrected chi connectivity index (χ1v) is 16.1. The van der Waals surface area contributed by atoms with E-state index in [0.29, 0.717) is 38.8 Å². The van der Waals surface area contributed by atoms with Crippen LogP contribution in [-0.2, 0) is 22.7 Å².